The van der Waals surface area contributed by atoms with Crippen LogP contribution >= 0.6 is 0 Å². The fraction of sp³-hybridized carbons (Fsp3) is 0.0476. The Labute approximate surface area is 383 Å². The Morgan fingerprint density at radius 3 is 1.33 bits per heavy atom. The molecule has 1 aliphatic rings. The predicted molar refractivity (Wildman–Crippen MR) is 275 cm³/mol. The van der Waals surface area contributed by atoms with E-state index in [0.29, 0.717) is 0 Å². The van der Waals surface area contributed by atoms with Gasteiger partial charge in [-0.3, -0.25) is 0 Å². The molecule has 1 aliphatic carbocycles. The molecule has 0 fully saturated rings. The number of hydrogen-bond donors (Lipinski definition) is 0. The van der Waals surface area contributed by atoms with Crippen molar-refractivity contribution in [3.63, 3.8) is 0 Å². The highest BCUT2D eigenvalue weighted by molar-refractivity contribution is 6.15. The van der Waals surface area contributed by atoms with Crippen LogP contribution in [-0.4, -0.2) is 0 Å². The molecule has 2 heterocycles. The lowest BCUT2D eigenvalue weighted by atomic mass is 9.82. The summed E-state index contributed by atoms with van der Waals surface area (Å²) in [6, 6.07) is 80.8. The van der Waals surface area contributed by atoms with E-state index in [2.05, 4.69) is 243 Å². The van der Waals surface area contributed by atoms with Crippen molar-refractivity contribution in [1.82, 2.24) is 0 Å². The molecular weight excluding hydrogens is 803 g/mol. The fourth-order valence-corrected chi connectivity index (χ4v) is 10.5. The lowest BCUT2D eigenvalue weighted by Gasteiger charge is -2.28. The van der Waals surface area contributed by atoms with Crippen LogP contribution in [0.1, 0.15) is 25.0 Å². The zero-order valence-corrected chi connectivity index (χ0v) is 36.6. The van der Waals surface area contributed by atoms with Crippen LogP contribution in [-0.2, 0) is 5.41 Å². The summed E-state index contributed by atoms with van der Waals surface area (Å²) in [5, 5.41) is 4.18. The third-order valence-electron chi connectivity index (χ3n) is 13.8. The van der Waals surface area contributed by atoms with Crippen LogP contribution in [0.15, 0.2) is 233 Å². The molecule has 66 heavy (non-hydrogen) atoms. The van der Waals surface area contributed by atoms with Crippen molar-refractivity contribution in [3.8, 4) is 55.6 Å². The van der Waals surface area contributed by atoms with Crippen LogP contribution in [0.25, 0.3) is 99.5 Å². The van der Waals surface area contributed by atoms with E-state index < -0.39 is 0 Å². The highest BCUT2D eigenvalue weighted by Gasteiger charge is 2.36. The Balaban J connectivity index is 0.902. The molecule has 0 spiro atoms. The first-order chi connectivity index (χ1) is 32.4. The summed E-state index contributed by atoms with van der Waals surface area (Å²) in [6.45, 7) is 4.68. The molecule has 0 atom stereocenters. The fourth-order valence-electron chi connectivity index (χ4n) is 10.5. The van der Waals surface area contributed by atoms with Gasteiger partial charge in [-0.2, -0.15) is 0 Å². The second-order valence-electron chi connectivity index (χ2n) is 18.1. The molecule has 0 bridgehead atoms. The Kier molecular flexibility index (Phi) is 8.56. The number of furan rings is 2. The molecule has 0 amide bonds. The number of fused-ring (bicyclic) bond motifs is 9. The van der Waals surface area contributed by atoms with Gasteiger partial charge in [0.25, 0.3) is 0 Å². The van der Waals surface area contributed by atoms with Crippen LogP contribution in [0, 0.1) is 0 Å². The van der Waals surface area contributed by atoms with Gasteiger partial charge in [0.1, 0.15) is 22.3 Å². The number of nitrogens with zero attached hydrogens (tertiary/aromatic N) is 1. The SMILES string of the molecule is CC1(C)c2ccccc2-c2ccc(N(c3ccc(-c4ccccc4)cc3)c3ccc4c(c3)oc3cc5c(cc34)oc3cc(-c4cc(-c6ccccc6)cc(-c6ccccc6)c4)ccc35)cc21. The average molecular weight is 846 g/mol. The van der Waals surface area contributed by atoms with E-state index >= 15 is 0 Å². The second-order valence-corrected chi connectivity index (χ2v) is 18.1. The van der Waals surface area contributed by atoms with Gasteiger partial charge in [-0.15, -0.1) is 0 Å². The molecule has 12 aromatic rings. The molecule has 3 nitrogen and oxygen atoms in total. The monoisotopic (exact) mass is 845 g/mol. The first-order valence-corrected chi connectivity index (χ1v) is 22.7. The van der Waals surface area contributed by atoms with Gasteiger partial charge in [0.2, 0.25) is 0 Å². The molecule has 0 saturated carbocycles. The van der Waals surface area contributed by atoms with Crippen molar-refractivity contribution in [2.75, 3.05) is 4.90 Å². The highest BCUT2D eigenvalue weighted by atomic mass is 16.3. The third kappa shape index (κ3) is 6.19. The van der Waals surface area contributed by atoms with Crippen molar-refractivity contribution in [2.45, 2.75) is 19.3 Å². The largest absolute Gasteiger partial charge is 0.456 e. The molecule has 13 rings (SSSR count). The molecule has 0 aliphatic heterocycles. The number of rotatable bonds is 7. The van der Waals surface area contributed by atoms with Crippen LogP contribution < -0.4 is 4.90 Å². The zero-order valence-electron chi connectivity index (χ0n) is 36.6. The predicted octanol–water partition coefficient (Wildman–Crippen LogP) is 17.9. The Morgan fingerprint density at radius 2 is 0.712 bits per heavy atom. The van der Waals surface area contributed by atoms with Crippen molar-refractivity contribution in [3.05, 3.63) is 236 Å². The molecule has 10 aromatic carbocycles. The smallest absolute Gasteiger partial charge is 0.137 e. The minimum absolute atomic E-state index is 0.129. The van der Waals surface area contributed by atoms with Crippen molar-refractivity contribution in [2.24, 2.45) is 0 Å². The number of anilines is 3. The maximum atomic E-state index is 6.80. The van der Waals surface area contributed by atoms with Gasteiger partial charge in [-0.1, -0.05) is 153 Å². The van der Waals surface area contributed by atoms with E-state index in [1.54, 1.807) is 0 Å². The quantitative estimate of drug-likeness (QED) is 0.160. The highest BCUT2D eigenvalue weighted by Crippen LogP contribution is 2.51. The maximum Gasteiger partial charge on any atom is 0.137 e. The summed E-state index contributed by atoms with van der Waals surface area (Å²) in [7, 11) is 0. The first kappa shape index (κ1) is 38.1. The summed E-state index contributed by atoms with van der Waals surface area (Å²) in [5.74, 6) is 0. The van der Waals surface area contributed by atoms with E-state index in [1.807, 2.05) is 0 Å². The summed E-state index contributed by atoms with van der Waals surface area (Å²) in [4.78, 5) is 2.36. The van der Waals surface area contributed by atoms with Gasteiger partial charge >= 0.3 is 0 Å². The molecule has 0 radical (unpaired) electrons. The topological polar surface area (TPSA) is 29.5 Å². The maximum absolute atomic E-state index is 6.80. The summed E-state index contributed by atoms with van der Waals surface area (Å²) in [5.41, 5.74) is 21.1. The lowest BCUT2D eigenvalue weighted by Crippen LogP contribution is -2.16. The molecule has 0 saturated heterocycles. The number of benzene rings is 10. The molecule has 0 unspecified atom stereocenters. The molecule has 2 aromatic heterocycles. The minimum atomic E-state index is -0.129. The van der Waals surface area contributed by atoms with Crippen LogP contribution in [0.2, 0.25) is 0 Å². The van der Waals surface area contributed by atoms with E-state index in [0.717, 1.165) is 72.1 Å². The van der Waals surface area contributed by atoms with Gasteiger partial charge in [0.05, 0.1) is 0 Å². The van der Waals surface area contributed by atoms with E-state index in [9.17, 15) is 0 Å². The van der Waals surface area contributed by atoms with Gasteiger partial charge in [0.15, 0.2) is 0 Å². The average Bonchev–Trinajstić information content (AvgIpc) is 3.99. The Hall–Kier alpha value is -8.40. The molecule has 312 valence electrons. The minimum Gasteiger partial charge on any atom is -0.456 e. The van der Waals surface area contributed by atoms with Crippen molar-refractivity contribution in [1.29, 1.82) is 0 Å². The van der Waals surface area contributed by atoms with Gasteiger partial charge < -0.3 is 13.7 Å². The summed E-state index contributed by atoms with van der Waals surface area (Å²) >= 11 is 0. The summed E-state index contributed by atoms with van der Waals surface area (Å²) < 4.78 is 13.5. The Morgan fingerprint density at radius 1 is 0.288 bits per heavy atom. The third-order valence-corrected chi connectivity index (χ3v) is 13.8. The zero-order chi connectivity index (χ0) is 43.9. The van der Waals surface area contributed by atoms with Gasteiger partial charge in [-0.25, -0.2) is 0 Å². The first-order valence-electron chi connectivity index (χ1n) is 22.7. The van der Waals surface area contributed by atoms with Crippen LogP contribution in [0.3, 0.4) is 0 Å². The Bertz CT molecular complexity index is 3760. The number of hydrogen-bond acceptors (Lipinski definition) is 3. The van der Waals surface area contributed by atoms with E-state index in [-0.39, 0.29) is 5.41 Å². The van der Waals surface area contributed by atoms with Crippen LogP contribution in [0.5, 0.6) is 0 Å². The lowest BCUT2D eigenvalue weighted by molar-refractivity contribution is 0.660. The van der Waals surface area contributed by atoms with E-state index in [1.165, 1.54) is 55.6 Å². The van der Waals surface area contributed by atoms with Gasteiger partial charge in [-0.05, 0) is 146 Å². The molecular formula is C63H43NO2. The van der Waals surface area contributed by atoms with Crippen LogP contribution in [0.4, 0.5) is 17.1 Å². The molecule has 0 N–H and O–H groups in total. The standard InChI is InChI=1S/C63H43NO2/c1-63(2)57-21-13-12-20-51(57)52-30-27-49(36-58(52)63)64(48-25-22-43(23-26-48)40-14-6-3-7-15-40)50-28-31-54-56-39-61-55(38-62(56)66-60(54)37-50)53-29-24-44(35-59(53)65-61)47-33-45(41-16-8-4-9-17-41)32-46(34-47)42-18-10-5-11-19-42/h3-39H,1-2H3. The van der Waals surface area contributed by atoms with Crippen molar-refractivity contribution >= 4 is 60.9 Å². The van der Waals surface area contributed by atoms with Crippen molar-refractivity contribution < 1.29 is 8.83 Å². The van der Waals surface area contributed by atoms with Gasteiger partial charge in [0, 0.05) is 50.1 Å². The van der Waals surface area contributed by atoms with E-state index in [4.69, 9.17) is 8.83 Å². The second kappa shape index (κ2) is 14.8. The molecule has 3 heteroatoms. The summed E-state index contributed by atoms with van der Waals surface area (Å²) in [6.07, 6.45) is 0. The normalized spacial score (nSPS) is 12.8.